The number of halogens is 1. The van der Waals surface area contributed by atoms with E-state index < -0.39 is 9.84 Å². The smallest absolute Gasteiger partial charge is 0.232 e. The summed E-state index contributed by atoms with van der Waals surface area (Å²) in [6, 6.07) is 0. The standard InChI is InChI=1S/C9H13ClN2O2S/c1-2-12-4-3-7(6-12)9-11-5-8(10)15(9,13)14/h5,7H,2-4,6H2,1H3. The molecule has 0 spiro atoms. The van der Waals surface area contributed by atoms with E-state index in [9.17, 15) is 8.42 Å². The quantitative estimate of drug-likeness (QED) is 0.738. The Labute approximate surface area is 94.5 Å². The number of sulfone groups is 1. The first-order valence-corrected chi connectivity index (χ1v) is 6.82. The molecule has 0 amide bonds. The van der Waals surface area contributed by atoms with Crippen LogP contribution in [0.3, 0.4) is 0 Å². The molecule has 0 aromatic heterocycles. The molecular weight excluding hydrogens is 236 g/mol. The Morgan fingerprint density at radius 3 is 2.87 bits per heavy atom. The van der Waals surface area contributed by atoms with Gasteiger partial charge in [0.05, 0.1) is 6.20 Å². The predicted molar refractivity (Wildman–Crippen MR) is 60.5 cm³/mol. The lowest BCUT2D eigenvalue weighted by Crippen LogP contribution is -2.26. The van der Waals surface area contributed by atoms with Crippen molar-refractivity contribution in [3.63, 3.8) is 0 Å². The number of aliphatic imine (C=N–C) groups is 1. The van der Waals surface area contributed by atoms with Crippen LogP contribution in [0.1, 0.15) is 13.3 Å². The molecule has 1 saturated heterocycles. The summed E-state index contributed by atoms with van der Waals surface area (Å²) in [6.45, 7) is 4.73. The lowest BCUT2D eigenvalue weighted by Gasteiger charge is -2.12. The van der Waals surface area contributed by atoms with Crippen molar-refractivity contribution >= 4 is 26.5 Å². The van der Waals surface area contributed by atoms with Crippen LogP contribution in [0.25, 0.3) is 0 Å². The van der Waals surface area contributed by atoms with E-state index in [2.05, 4.69) is 16.8 Å². The van der Waals surface area contributed by atoms with Gasteiger partial charge in [-0.25, -0.2) is 13.4 Å². The Morgan fingerprint density at radius 2 is 2.40 bits per heavy atom. The van der Waals surface area contributed by atoms with Gasteiger partial charge in [-0.15, -0.1) is 0 Å². The molecule has 2 aliphatic rings. The molecule has 6 heteroatoms. The third-order valence-corrected chi connectivity index (χ3v) is 5.21. The molecule has 2 heterocycles. The second-order valence-electron chi connectivity index (χ2n) is 3.78. The SMILES string of the molecule is CCN1CCC(C2=NC=C(Cl)S2(=O)=O)C1. The third-order valence-electron chi connectivity index (χ3n) is 2.89. The maximum atomic E-state index is 11.7. The molecule has 2 aliphatic heterocycles. The minimum absolute atomic E-state index is 0.0162. The van der Waals surface area contributed by atoms with Gasteiger partial charge in [0.1, 0.15) is 5.04 Å². The summed E-state index contributed by atoms with van der Waals surface area (Å²) in [5, 5.41) is 0.253. The number of likely N-dealkylation sites (tertiary alicyclic amines) is 1. The molecule has 0 radical (unpaired) electrons. The summed E-state index contributed by atoms with van der Waals surface area (Å²) in [4.78, 5) is 6.15. The van der Waals surface area contributed by atoms with Gasteiger partial charge >= 0.3 is 0 Å². The van der Waals surface area contributed by atoms with E-state index in [0.717, 1.165) is 26.1 Å². The molecule has 0 aromatic carbocycles. The van der Waals surface area contributed by atoms with Crippen molar-refractivity contribution in [3.8, 4) is 0 Å². The van der Waals surface area contributed by atoms with E-state index in [1.807, 2.05) is 0 Å². The first-order valence-electron chi connectivity index (χ1n) is 4.96. The van der Waals surface area contributed by atoms with Gasteiger partial charge in [-0.05, 0) is 19.5 Å². The van der Waals surface area contributed by atoms with Crippen LogP contribution in [0.2, 0.25) is 0 Å². The van der Waals surface area contributed by atoms with Crippen molar-refractivity contribution in [2.24, 2.45) is 10.9 Å². The maximum Gasteiger partial charge on any atom is 0.232 e. The van der Waals surface area contributed by atoms with Gasteiger partial charge in [0.15, 0.2) is 4.36 Å². The fourth-order valence-electron chi connectivity index (χ4n) is 2.00. The van der Waals surface area contributed by atoms with Crippen molar-refractivity contribution in [2.75, 3.05) is 19.6 Å². The molecular formula is C9H13ClN2O2S. The molecule has 15 heavy (non-hydrogen) atoms. The summed E-state index contributed by atoms with van der Waals surface area (Å²) in [5.74, 6) is 0.0162. The Morgan fingerprint density at radius 1 is 1.67 bits per heavy atom. The molecule has 84 valence electrons. The summed E-state index contributed by atoms with van der Waals surface area (Å²) in [7, 11) is -3.43. The minimum atomic E-state index is -3.43. The topological polar surface area (TPSA) is 49.7 Å². The van der Waals surface area contributed by atoms with Crippen LogP contribution in [-0.2, 0) is 9.84 Å². The molecule has 0 aliphatic carbocycles. The van der Waals surface area contributed by atoms with Crippen molar-refractivity contribution < 1.29 is 8.42 Å². The molecule has 4 nitrogen and oxygen atoms in total. The van der Waals surface area contributed by atoms with Gasteiger partial charge in [-0.3, -0.25) is 0 Å². The van der Waals surface area contributed by atoms with Crippen molar-refractivity contribution in [3.05, 3.63) is 10.6 Å². The van der Waals surface area contributed by atoms with Gasteiger partial charge < -0.3 is 4.90 Å². The van der Waals surface area contributed by atoms with Crippen molar-refractivity contribution in [1.82, 2.24) is 4.90 Å². The van der Waals surface area contributed by atoms with Crippen LogP contribution in [0.5, 0.6) is 0 Å². The lowest BCUT2D eigenvalue weighted by molar-refractivity contribution is 0.353. The van der Waals surface area contributed by atoms with E-state index in [4.69, 9.17) is 11.6 Å². The summed E-state index contributed by atoms with van der Waals surface area (Å²) in [6.07, 6.45) is 2.09. The molecule has 2 rings (SSSR count). The highest BCUT2D eigenvalue weighted by atomic mass is 35.5. The number of nitrogens with zero attached hydrogens (tertiary/aromatic N) is 2. The van der Waals surface area contributed by atoms with Gasteiger partial charge in [-0.2, -0.15) is 0 Å². The first kappa shape index (κ1) is 11.1. The number of rotatable bonds is 2. The Kier molecular flexibility index (Phi) is 2.87. The van der Waals surface area contributed by atoms with Crippen LogP contribution in [0.15, 0.2) is 15.6 Å². The first-order chi connectivity index (χ1) is 7.05. The van der Waals surface area contributed by atoms with Crippen molar-refractivity contribution in [1.29, 1.82) is 0 Å². The van der Waals surface area contributed by atoms with Crippen LogP contribution < -0.4 is 0 Å². The van der Waals surface area contributed by atoms with E-state index >= 15 is 0 Å². The molecule has 0 saturated carbocycles. The van der Waals surface area contributed by atoms with Gasteiger partial charge in [0, 0.05) is 12.5 Å². The monoisotopic (exact) mass is 248 g/mol. The molecule has 0 N–H and O–H groups in total. The fourth-order valence-corrected chi connectivity index (χ4v) is 3.50. The third kappa shape index (κ3) is 1.84. The van der Waals surface area contributed by atoms with Crippen LogP contribution in [-0.4, -0.2) is 38.0 Å². The minimum Gasteiger partial charge on any atom is -0.303 e. The van der Waals surface area contributed by atoms with Crippen molar-refractivity contribution in [2.45, 2.75) is 13.3 Å². The fraction of sp³-hybridized carbons (Fsp3) is 0.667. The zero-order chi connectivity index (χ0) is 11.1. The highest BCUT2D eigenvalue weighted by Crippen LogP contribution is 2.29. The Bertz CT molecular complexity index is 427. The Hall–Kier alpha value is -0.390. The van der Waals surface area contributed by atoms with Gasteiger partial charge in [-0.1, -0.05) is 18.5 Å². The second-order valence-corrected chi connectivity index (χ2v) is 6.28. The van der Waals surface area contributed by atoms with E-state index in [-0.39, 0.29) is 15.3 Å². The molecule has 0 bridgehead atoms. The lowest BCUT2D eigenvalue weighted by atomic mass is 10.1. The average molecular weight is 249 g/mol. The molecule has 1 fully saturated rings. The van der Waals surface area contributed by atoms with Crippen LogP contribution in [0, 0.1) is 5.92 Å². The van der Waals surface area contributed by atoms with Crippen LogP contribution >= 0.6 is 11.6 Å². The summed E-state index contributed by atoms with van der Waals surface area (Å²) >= 11 is 5.59. The van der Waals surface area contributed by atoms with Gasteiger partial charge in [0.2, 0.25) is 9.84 Å². The van der Waals surface area contributed by atoms with E-state index in [0.29, 0.717) is 0 Å². The van der Waals surface area contributed by atoms with Crippen LogP contribution in [0.4, 0.5) is 0 Å². The predicted octanol–water partition coefficient (Wildman–Crippen LogP) is 1.19. The summed E-state index contributed by atoms with van der Waals surface area (Å²) < 4.78 is 23.3. The molecule has 1 unspecified atom stereocenters. The highest BCUT2D eigenvalue weighted by Gasteiger charge is 2.37. The average Bonchev–Trinajstić information content (AvgIpc) is 2.74. The largest absolute Gasteiger partial charge is 0.303 e. The summed E-state index contributed by atoms with van der Waals surface area (Å²) in [5.41, 5.74) is 0. The number of hydrogen-bond donors (Lipinski definition) is 0. The second kappa shape index (κ2) is 3.88. The molecule has 1 atom stereocenters. The number of hydrogen-bond acceptors (Lipinski definition) is 4. The van der Waals surface area contributed by atoms with Gasteiger partial charge in [0.25, 0.3) is 0 Å². The maximum absolute atomic E-state index is 11.7. The normalized spacial score (nSPS) is 30.4. The highest BCUT2D eigenvalue weighted by molar-refractivity contribution is 8.11. The zero-order valence-corrected chi connectivity index (χ0v) is 10.1. The zero-order valence-electron chi connectivity index (χ0n) is 8.48. The van der Waals surface area contributed by atoms with E-state index in [1.54, 1.807) is 0 Å². The molecule has 0 aromatic rings. The van der Waals surface area contributed by atoms with E-state index in [1.165, 1.54) is 6.20 Å². The Balaban J connectivity index is 2.16.